The molecular weight excluding hydrogens is 334 g/mol. The Labute approximate surface area is 149 Å². The first-order chi connectivity index (χ1) is 12.2. The van der Waals surface area contributed by atoms with E-state index in [0.717, 1.165) is 16.9 Å². The quantitative estimate of drug-likeness (QED) is 0.505. The Morgan fingerprint density at radius 3 is 2.36 bits per heavy atom. The Kier molecular flexibility index (Phi) is 4.00. The van der Waals surface area contributed by atoms with E-state index >= 15 is 0 Å². The number of hydrogen-bond acceptors (Lipinski definition) is 3. The second-order valence-corrected chi connectivity index (χ2v) is 6.09. The standard InChI is InChI=1S/C21H14ClNO2/c22-15-9-11-16(12-10-15)23-18-8-4-7-17-19(24)13-20(25-21(17)18)14-5-2-1-3-6-14/h1-13,23H. The molecule has 4 aromatic rings. The van der Waals surface area contributed by atoms with E-state index in [4.69, 9.17) is 16.0 Å². The van der Waals surface area contributed by atoms with E-state index < -0.39 is 0 Å². The van der Waals surface area contributed by atoms with Crippen molar-refractivity contribution in [3.63, 3.8) is 0 Å². The van der Waals surface area contributed by atoms with E-state index in [1.165, 1.54) is 6.07 Å². The van der Waals surface area contributed by atoms with E-state index in [-0.39, 0.29) is 5.43 Å². The van der Waals surface area contributed by atoms with Crippen molar-refractivity contribution in [2.75, 3.05) is 5.32 Å². The summed E-state index contributed by atoms with van der Waals surface area (Å²) < 4.78 is 6.07. The fraction of sp³-hybridized carbons (Fsp3) is 0. The van der Waals surface area contributed by atoms with Crippen molar-refractivity contribution in [2.24, 2.45) is 0 Å². The zero-order valence-electron chi connectivity index (χ0n) is 13.2. The van der Waals surface area contributed by atoms with Gasteiger partial charge in [0.05, 0.1) is 11.1 Å². The monoisotopic (exact) mass is 347 g/mol. The highest BCUT2D eigenvalue weighted by Crippen LogP contribution is 2.29. The summed E-state index contributed by atoms with van der Waals surface area (Å²) in [5.74, 6) is 0.545. The third-order valence-corrected chi connectivity index (χ3v) is 4.19. The fourth-order valence-electron chi connectivity index (χ4n) is 2.71. The number of rotatable bonds is 3. The first-order valence-corrected chi connectivity index (χ1v) is 8.23. The lowest BCUT2D eigenvalue weighted by Crippen LogP contribution is -2.02. The van der Waals surface area contributed by atoms with Crippen LogP contribution in [0.1, 0.15) is 0 Å². The highest BCUT2D eigenvalue weighted by molar-refractivity contribution is 6.30. The molecule has 0 unspecified atom stereocenters. The molecule has 0 aliphatic heterocycles. The lowest BCUT2D eigenvalue weighted by molar-refractivity contribution is 0.620. The number of nitrogens with one attached hydrogen (secondary N) is 1. The van der Waals surface area contributed by atoms with Crippen molar-refractivity contribution in [3.05, 3.63) is 94.1 Å². The number of anilines is 2. The SMILES string of the molecule is O=c1cc(-c2ccccc2)oc2c(Nc3ccc(Cl)cc3)cccc12. The van der Waals surface area contributed by atoms with Crippen molar-refractivity contribution < 1.29 is 4.42 Å². The minimum atomic E-state index is -0.0696. The third kappa shape index (κ3) is 3.14. The van der Waals surface area contributed by atoms with Crippen molar-refractivity contribution in [2.45, 2.75) is 0 Å². The van der Waals surface area contributed by atoms with Crippen molar-refractivity contribution in [3.8, 4) is 11.3 Å². The average Bonchev–Trinajstić information content (AvgIpc) is 2.65. The largest absolute Gasteiger partial charge is 0.454 e. The molecule has 0 amide bonds. The highest BCUT2D eigenvalue weighted by Gasteiger charge is 2.10. The minimum absolute atomic E-state index is 0.0696. The molecule has 4 heteroatoms. The summed E-state index contributed by atoms with van der Waals surface area (Å²) >= 11 is 5.93. The van der Waals surface area contributed by atoms with Crippen LogP contribution in [0.3, 0.4) is 0 Å². The topological polar surface area (TPSA) is 42.2 Å². The van der Waals surface area contributed by atoms with E-state index in [9.17, 15) is 4.79 Å². The van der Waals surface area contributed by atoms with Gasteiger partial charge in [-0.3, -0.25) is 4.79 Å². The van der Waals surface area contributed by atoms with Crippen LogP contribution in [0.5, 0.6) is 0 Å². The lowest BCUT2D eigenvalue weighted by Gasteiger charge is -2.10. The molecule has 25 heavy (non-hydrogen) atoms. The van der Waals surface area contributed by atoms with Crippen LogP contribution in [0.15, 0.2) is 88.1 Å². The Morgan fingerprint density at radius 1 is 0.840 bits per heavy atom. The molecule has 0 aliphatic rings. The first-order valence-electron chi connectivity index (χ1n) is 7.85. The molecule has 4 rings (SSSR count). The number of benzene rings is 3. The maximum atomic E-state index is 12.5. The predicted molar refractivity (Wildman–Crippen MR) is 103 cm³/mol. The molecular formula is C21H14ClNO2. The van der Waals surface area contributed by atoms with Crippen molar-refractivity contribution >= 4 is 33.9 Å². The molecule has 3 aromatic carbocycles. The zero-order valence-corrected chi connectivity index (χ0v) is 14.0. The molecule has 0 radical (unpaired) electrons. The van der Waals surface area contributed by atoms with E-state index in [0.29, 0.717) is 21.8 Å². The normalized spacial score (nSPS) is 10.8. The number of para-hydroxylation sites is 1. The molecule has 0 saturated carbocycles. The second kappa shape index (κ2) is 6.46. The van der Waals surface area contributed by atoms with Gasteiger partial charge in [0.15, 0.2) is 11.0 Å². The summed E-state index contributed by atoms with van der Waals surface area (Å²) in [5.41, 5.74) is 2.92. The third-order valence-electron chi connectivity index (χ3n) is 3.94. The molecule has 1 N–H and O–H groups in total. The summed E-state index contributed by atoms with van der Waals surface area (Å²) in [6.45, 7) is 0. The van der Waals surface area contributed by atoms with Crippen LogP contribution in [0.4, 0.5) is 11.4 Å². The van der Waals surface area contributed by atoms with Gasteiger partial charge in [0.1, 0.15) is 5.76 Å². The summed E-state index contributed by atoms with van der Waals surface area (Å²) in [7, 11) is 0. The van der Waals surface area contributed by atoms with Crippen molar-refractivity contribution in [1.29, 1.82) is 0 Å². The van der Waals surface area contributed by atoms with Crippen LogP contribution in [0, 0.1) is 0 Å². The predicted octanol–water partition coefficient (Wildman–Crippen LogP) is 5.86. The lowest BCUT2D eigenvalue weighted by atomic mass is 10.1. The Hall–Kier alpha value is -3.04. The van der Waals surface area contributed by atoms with E-state index in [2.05, 4.69) is 5.32 Å². The maximum absolute atomic E-state index is 12.5. The van der Waals surface area contributed by atoms with Crippen LogP contribution in [0.2, 0.25) is 5.02 Å². The maximum Gasteiger partial charge on any atom is 0.193 e. The number of hydrogen-bond donors (Lipinski definition) is 1. The molecule has 0 fully saturated rings. The van der Waals surface area contributed by atoms with E-state index in [1.807, 2.05) is 54.6 Å². The van der Waals surface area contributed by atoms with Gasteiger partial charge >= 0.3 is 0 Å². The molecule has 1 heterocycles. The van der Waals surface area contributed by atoms with Gasteiger partial charge in [-0.25, -0.2) is 0 Å². The number of fused-ring (bicyclic) bond motifs is 1. The van der Waals surface area contributed by atoms with Gasteiger partial charge < -0.3 is 9.73 Å². The van der Waals surface area contributed by atoms with E-state index in [1.54, 1.807) is 18.2 Å². The van der Waals surface area contributed by atoms with Crippen LogP contribution in [-0.4, -0.2) is 0 Å². The molecule has 0 saturated heterocycles. The van der Waals surface area contributed by atoms with Gasteiger partial charge in [-0.2, -0.15) is 0 Å². The van der Waals surface area contributed by atoms with Gasteiger partial charge in [-0.1, -0.05) is 48.0 Å². The molecule has 122 valence electrons. The highest BCUT2D eigenvalue weighted by atomic mass is 35.5. The molecule has 0 spiro atoms. The van der Waals surface area contributed by atoms with Gasteiger partial charge in [-0.15, -0.1) is 0 Å². The summed E-state index contributed by atoms with van der Waals surface area (Å²) in [5, 5.41) is 4.50. The molecule has 0 bridgehead atoms. The summed E-state index contributed by atoms with van der Waals surface area (Å²) in [4.78, 5) is 12.5. The molecule has 1 aromatic heterocycles. The van der Waals surface area contributed by atoms with Crippen LogP contribution >= 0.6 is 11.6 Å². The average molecular weight is 348 g/mol. The Bertz CT molecular complexity index is 1090. The molecule has 0 aliphatic carbocycles. The second-order valence-electron chi connectivity index (χ2n) is 5.66. The van der Waals surface area contributed by atoms with Gasteiger partial charge in [0.25, 0.3) is 0 Å². The van der Waals surface area contributed by atoms with Crippen LogP contribution < -0.4 is 10.7 Å². The first kappa shape index (κ1) is 15.5. The Balaban J connectivity index is 1.86. The smallest absolute Gasteiger partial charge is 0.193 e. The fourth-order valence-corrected chi connectivity index (χ4v) is 2.84. The molecule has 0 atom stereocenters. The van der Waals surface area contributed by atoms with Crippen LogP contribution in [-0.2, 0) is 0 Å². The summed E-state index contributed by atoms with van der Waals surface area (Å²) in [6.07, 6.45) is 0. The Morgan fingerprint density at radius 2 is 1.60 bits per heavy atom. The minimum Gasteiger partial charge on any atom is -0.454 e. The zero-order chi connectivity index (χ0) is 17.2. The molecule has 3 nitrogen and oxygen atoms in total. The van der Waals surface area contributed by atoms with Crippen molar-refractivity contribution in [1.82, 2.24) is 0 Å². The van der Waals surface area contributed by atoms with Crippen LogP contribution in [0.25, 0.3) is 22.3 Å². The van der Waals surface area contributed by atoms with Gasteiger partial charge in [-0.05, 0) is 36.4 Å². The summed E-state index contributed by atoms with van der Waals surface area (Å²) in [6, 6.07) is 24.0. The van der Waals surface area contributed by atoms with Gasteiger partial charge in [0.2, 0.25) is 0 Å². The number of halogens is 1. The van der Waals surface area contributed by atoms with Gasteiger partial charge in [0, 0.05) is 22.3 Å².